The Morgan fingerprint density at radius 1 is 1.29 bits per heavy atom. The lowest BCUT2D eigenvalue weighted by molar-refractivity contribution is 0.128. The molecule has 0 aliphatic rings. The Kier molecular flexibility index (Phi) is 9.24. The average molecular weight is 335 g/mol. The smallest absolute Gasteiger partial charge is 0.0640 e. The molecule has 4 nitrogen and oxygen atoms in total. The minimum atomic E-state index is 0.125. The number of ether oxygens (including phenoxy) is 1. The molecule has 1 aromatic carbocycles. The fourth-order valence-corrected chi connectivity index (χ4v) is 2.69. The van der Waals surface area contributed by atoms with Crippen molar-refractivity contribution in [2.75, 3.05) is 47.0 Å². The topological polar surface area (TPSA) is 44.7 Å². The fourth-order valence-electron chi connectivity index (χ4n) is 2.25. The van der Waals surface area contributed by atoms with E-state index >= 15 is 0 Å². The molecule has 1 rings (SSSR count). The second-order valence-corrected chi connectivity index (χ2v) is 5.62. The summed E-state index contributed by atoms with van der Waals surface area (Å²) in [5.41, 5.74) is 1.00. The molecule has 0 radical (unpaired) electrons. The number of rotatable bonds is 10. The Morgan fingerprint density at radius 2 is 2.05 bits per heavy atom. The maximum Gasteiger partial charge on any atom is 0.0640 e. The van der Waals surface area contributed by atoms with Crippen molar-refractivity contribution in [1.82, 2.24) is 10.2 Å². The SMILES string of the molecule is CNC(CCN(CCO)CCOC)c1cccc(Cl)c1Cl. The van der Waals surface area contributed by atoms with Gasteiger partial charge in [0.1, 0.15) is 0 Å². The van der Waals surface area contributed by atoms with Gasteiger partial charge >= 0.3 is 0 Å². The monoisotopic (exact) mass is 334 g/mol. The third kappa shape index (κ3) is 6.10. The van der Waals surface area contributed by atoms with Crippen LogP contribution in [-0.2, 0) is 4.74 Å². The summed E-state index contributed by atoms with van der Waals surface area (Å²) in [6.45, 7) is 3.09. The minimum Gasteiger partial charge on any atom is -0.395 e. The Balaban J connectivity index is 2.66. The Hall–Kier alpha value is -0.360. The maximum absolute atomic E-state index is 9.12. The molecule has 1 unspecified atom stereocenters. The van der Waals surface area contributed by atoms with E-state index in [9.17, 15) is 0 Å². The summed E-state index contributed by atoms with van der Waals surface area (Å²) in [6, 6.07) is 5.81. The highest BCUT2D eigenvalue weighted by atomic mass is 35.5. The van der Waals surface area contributed by atoms with Crippen molar-refractivity contribution < 1.29 is 9.84 Å². The zero-order chi connectivity index (χ0) is 15.7. The summed E-state index contributed by atoms with van der Waals surface area (Å²) in [7, 11) is 3.59. The Labute approximate surface area is 137 Å². The largest absolute Gasteiger partial charge is 0.395 e. The van der Waals surface area contributed by atoms with Gasteiger partial charge in [-0.3, -0.25) is 4.90 Å². The zero-order valence-corrected chi connectivity index (χ0v) is 14.1. The molecular formula is C15H24Cl2N2O2. The first-order valence-corrected chi connectivity index (χ1v) is 7.83. The number of aliphatic hydroxyl groups excluding tert-OH is 1. The maximum atomic E-state index is 9.12. The van der Waals surface area contributed by atoms with E-state index in [1.807, 2.05) is 19.2 Å². The molecule has 0 aromatic heterocycles. The second-order valence-electron chi connectivity index (χ2n) is 4.83. The Bertz CT molecular complexity index is 419. The van der Waals surface area contributed by atoms with Gasteiger partial charge in [-0.05, 0) is 25.1 Å². The molecule has 0 heterocycles. The number of nitrogens with zero attached hydrogens (tertiary/aromatic N) is 1. The number of benzene rings is 1. The number of hydrogen-bond donors (Lipinski definition) is 2. The van der Waals surface area contributed by atoms with Gasteiger partial charge in [-0.1, -0.05) is 35.3 Å². The molecule has 0 spiro atoms. The van der Waals surface area contributed by atoms with Gasteiger partial charge in [-0.2, -0.15) is 0 Å². The minimum absolute atomic E-state index is 0.125. The standard InChI is InChI=1S/C15H24Cl2N2O2/c1-18-14(12-4-3-5-13(16)15(12)17)6-7-19(8-10-20)9-11-21-2/h3-5,14,18,20H,6-11H2,1-2H3. The predicted molar refractivity (Wildman–Crippen MR) is 88.3 cm³/mol. The van der Waals surface area contributed by atoms with Gasteiger partial charge in [-0.25, -0.2) is 0 Å². The molecule has 0 fully saturated rings. The van der Waals surface area contributed by atoms with Crippen LogP contribution >= 0.6 is 23.2 Å². The van der Waals surface area contributed by atoms with E-state index in [1.165, 1.54) is 0 Å². The molecule has 2 N–H and O–H groups in total. The highest BCUT2D eigenvalue weighted by molar-refractivity contribution is 6.42. The van der Waals surface area contributed by atoms with E-state index in [0.29, 0.717) is 23.2 Å². The predicted octanol–water partition coefficient (Wildman–Crippen LogP) is 2.58. The van der Waals surface area contributed by atoms with Gasteiger partial charge < -0.3 is 15.2 Å². The van der Waals surface area contributed by atoms with Crippen LogP contribution in [0.15, 0.2) is 18.2 Å². The third-order valence-electron chi connectivity index (χ3n) is 3.47. The Morgan fingerprint density at radius 3 is 2.67 bits per heavy atom. The first-order valence-electron chi connectivity index (χ1n) is 7.07. The van der Waals surface area contributed by atoms with Crippen LogP contribution in [0.4, 0.5) is 0 Å². The van der Waals surface area contributed by atoms with E-state index < -0.39 is 0 Å². The highest BCUT2D eigenvalue weighted by Gasteiger charge is 2.16. The molecule has 21 heavy (non-hydrogen) atoms. The summed E-state index contributed by atoms with van der Waals surface area (Å²) < 4.78 is 5.09. The van der Waals surface area contributed by atoms with Gasteiger partial charge in [-0.15, -0.1) is 0 Å². The van der Waals surface area contributed by atoms with E-state index in [4.69, 9.17) is 33.0 Å². The lowest BCUT2D eigenvalue weighted by atomic mass is 10.0. The molecule has 0 saturated heterocycles. The zero-order valence-electron chi connectivity index (χ0n) is 12.6. The lowest BCUT2D eigenvalue weighted by Gasteiger charge is -2.25. The quantitative estimate of drug-likeness (QED) is 0.690. The fraction of sp³-hybridized carbons (Fsp3) is 0.600. The van der Waals surface area contributed by atoms with Gasteiger partial charge in [0.25, 0.3) is 0 Å². The van der Waals surface area contributed by atoms with E-state index in [0.717, 1.165) is 25.1 Å². The number of hydrogen-bond acceptors (Lipinski definition) is 4. The van der Waals surface area contributed by atoms with Gasteiger partial charge in [0.05, 0.1) is 23.3 Å². The van der Waals surface area contributed by atoms with Crippen molar-refractivity contribution in [3.05, 3.63) is 33.8 Å². The first-order chi connectivity index (χ1) is 10.1. The van der Waals surface area contributed by atoms with Crippen molar-refractivity contribution in [1.29, 1.82) is 0 Å². The number of halogens is 2. The van der Waals surface area contributed by atoms with Gasteiger partial charge in [0, 0.05) is 32.8 Å². The van der Waals surface area contributed by atoms with Crippen LogP contribution in [0.2, 0.25) is 10.0 Å². The van der Waals surface area contributed by atoms with Crippen LogP contribution in [0.1, 0.15) is 18.0 Å². The van der Waals surface area contributed by atoms with Crippen molar-refractivity contribution >= 4 is 23.2 Å². The molecule has 0 amide bonds. The van der Waals surface area contributed by atoms with Crippen LogP contribution in [0.5, 0.6) is 0 Å². The second kappa shape index (κ2) is 10.4. The van der Waals surface area contributed by atoms with Crippen molar-refractivity contribution in [3.63, 3.8) is 0 Å². The number of methoxy groups -OCH3 is 1. The molecule has 1 aromatic rings. The van der Waals surface area contributed by atoms with Crippen LogP contribution in [-0.4, -0.2) is 57.0 Å². The molecule has 6 heteroatoms. The average Bonchev–Trinajstić information content (AvgIpc) is 2.49. The van der Waals surface area contributed by atoms with E-state index in [-0.39, 0.29) is 12.6 Å². The van der Waals surface area contributed by atoms with Gasteiger partial charge in [0.15, 0.2) is 0 Å². The van der Waals surface area contributed by atoms with Gasteiger partial charge in [0.2, 0.25) is 0 Å². The van der Waals surface area contributed by atoms with Crippen molar-refractivity contribution in [2.24, 2.45) is 0 Å². The highest BCUT2D eigenvalue weighted by Crippen LogP contribution is 2.31. The number of aliphatic hydroxyl groups is 1. The molecule has 0 aliphatic carbocycles. The van der Waals surface area contributed by atoms with Crippen LogP contribution in [0.3, 0.4) is 0 Å². The van der Waals surface area contributed by atoms with Crippen LogP contribution in [0.25, 0.3) is 0 Å². The summed E-state index contributed by atoms with van der Waals surface area (Å²) in [6.07, 6.45) is 0.875. The summed E-state index contributed by atoms with van der Waals surface area (Å²) in [4.78, 5) is 2.17. The molecule has 0 saturated carbocycles. The first kappa shape index (κ1) is 18.7. The molecule has 0 bridgehead atoms. The van der Waals surface area contributed by atoms with Crippen molar-refractivity contribution in [3.8, 4) is 0 Å². The summed E-state index contributed by atoms with van der Waals surface area (Å²) in [5.74, 6) is 0. The summed E-state index contributed by atoms with van der Waals surface area (Å²) in [5, 5.41) is 13.6. The van der Waals surface area contributed by atoms with Crippen LogP contribution < -0.4 is 5.32 Å². The molecule has 120 valence electrons. The number of nitrogens with one attached hydrogen (secondary N) is 1. The molecule has 1 atom stereocenters. The molecule has 0 aliphatic heterocycles. The third-order valence-corrected chi connectivity index (χ3v) is 4.30. The normalized spacial score (nSPS) is 12.9. The summed E-state index contributed by atoms with van der Waals surface area (Å²) >= 11 is 12.4. The van der Waals surface area contributed by atoms with Crippen molar-refractivity contribution in [2.45, 2.75) is 12.5 Å². The van der Waals surface area contributed by atoms with E-state index in [2.05, 4.69) is 10.2 Å². The lowest BCUT2D eigenvalue weighted by Crippen LogP contribution is -2.33. The van der Waals surface area contributed by atoms with Crippen LogP contribution in [0, 0.1) is 0 Å². The molecular weight excluding hydrogens is 311 g/mol. The van der Waals surface area contributed by atoms with E-state index in [1.54, 1.807) is 13.2 Å².